The maximum absolute atomic E-state index is 5.47. The Labute approximate surface area is 89.3 Å². The van der Waals surface area contributed by atoms with Gasteiger partial charge in [0.15, 0.2) is 0 Å². The standard InChI is InChI=1S/C9H7N5O2/c10-7-3-6(12-13-7)9-11-8(14-16-9)5-1-2-15-4-5/h1-4H,(H3,10,12,13). The molecule has 0 amide bonds. The number of nitrogens with two attached hydrogens (primary N) is 1. The summed E-state index contributed by atoms with van der Waals surface area (Å²) in [5.74, 6) is 1.16. The predicted octanol–water partition coefficient (Wildman–Crippen LogP) is 1.30. The number of aromatic nitrogens is 4. The zero-order valence-corrected chi connectivity index (χ0v) is 8.04. The molecule has 3 heterocycles. The molecule has 0 aliphatic heterocycles. The average Bonchev–Trinajstić information content (AvgIpc) is 2.97. The van der Waals surface area contributed by atoms with Crippen molar-refractivity contribution in [1.29, 1.82) is 0 Å². The van der Waals surface area contributed by atoms with Gasteiger partial charge in [0.05, 0.1) is 11.8 Å². The van der Waals surface area contributed by atoms with E-state index < -0.39 is 0 Å². The summed E-state index contributed by atoms with van der Waals surface area (Å²) in [4.78, 5) is 4.17. The summed E-state index contributed by atoms with van der Waals surface area (Å²) in [6.45, 7) is 0. The highest BCUT2D eigenvalue weighted by atomic mass is 16.5. The first kappa shape index (κ1) is 8.72. The van der Waals surface area contributed by atoms with Crippen LogP contribution in [0.5, 0.6) is 0 Å². The number of anilines is 1. The van der Waals surface area contributed by atoms with E-state index in [4.69, 9.17) is 14.7 Å². The minimum absolute atomic E-state index is 0.334. The Bertz CT molecular complexity index is 595. The lowest BCUT2D eigenvalue weighted by molar-refractivity contribution is 0.431. The minimum atomic E-state index is 0.334. The molecule has 0 aliphatic carbocycles. The van der Waals surface area contributed by atoms with Crippen molar-refractivity contribution in [3.8, 4) is 23.0 Å². The highest BCUT2D eigenvalue weighted by molar-refractivity contribution is 5.57. The predicted molar refractivity (Wildman–Crippen MR) is 54.0 cm³/mol. The number of H-pyrrole nitrogens is 1. The number of hydrogen-bond acceptors (Lipinski definition) is 6. The van der Waals surface area contributed by atoms with Gasteiger partial charge in [0.1, 0.15) is 17.8 Å². The number of aromatic amines is 1. The van der Waals surface area contributed by atoms with Gasteiger partial charge < -0.3 is 14.7 Å². The van der Waals surface area contributed by atoms with Gasteiger partial charge in [-0.15, -0.1) is 0 Å². The average molecular weight is 217 g/mol. The van der Waals surface area contributed by atoms with E-state index in [9.17, 15) is 0 Å². The van der Waals surface area contributed by atoms with E-state index in [1.165, 1.54) is 6.26 Å². The quantitative estimate of drug-likeness (QED) is 0.669. The fourth-order valence-corrected chi connectivity index (χ4v) is 1.29. The second-order valence-electron chi connectivity index (χ2n) is 3.14. The van der Waals surface area contributed by atoms with Crippen molar-refractivity contribution in [1.82, 2.24) is 20.3 Å². The molecule has 80 valence electrons. The highest BCUT2D eigenvalue weighted by Crippen LogP contribution is 2.21. The minimum Gasteiger partial charge on any atom is -0.472 e. The van der Waals surface area contributed by atoms with Crippen LogP contribution < -0.4 is 5.73 Å². The van der Waals surface area contributed by atoms with Crippen molar-refractivity contribution >= 4 is 5.82 Å². The van der Waals surface area contributed by atoms with Crippen molar-refractivity contribution in [2.75, 3.05) is 5.73 Å². The van der Waals surface area contributed by atoms with E-state index in [2.05, 4.69) is 20.3 Å². The first-order chi connectivity index (χ1) is 7.83. The SMILES string of the molecule is Nc1cc(-c2nc(-c3ccoc3)no2)[nH]n1. The van der Waals surface area contributed by atoms with E-state index >= 15 is 0 Å². The van der Waals surface area contributed by atoms with Crippen LogP contribution in [0, 0.1) is 0 Å². The van der Waals surface area contributed by atoms with Crippen LogP contribution in [0.4, 0.5) is 5.82 Å². The van der Waals surface area contributed by atoms with Crippen molar-refractivity contribution < 1.29 is 8.94 Å². The van der Waals surface area contributed by atoms with Gasteiger partial charge in [-0.3, -0.25) is 5.10 Å². The molecule has 0 spiro atoms. The maximum atomic E-state index is 5.47. The van der Waals surface area contributed by atoms with Crippen LogP contribution in [0.15, 0.2) is 33.6 Å². The van der Waals surface area contributed by atoms with Gasteiger partial charge in [0.2, 0.25) is 5.82 Å². The Kier molecular flexibility index (Phi) is 1.76. The van der Waals surface area contributed by atoms with Crippen LogP contribution in [-0.2, 0) is 0 Å². The topological polar surface area (TPSA) is 107 Å². The second-order valence-corrected chi connectivity index (χ2v) is 3.14. The Morgan fingerprint density at radius 2 is 2.31 bits per heavy atom. The van der Waals surface area contributed by atoms with Crippen LogP contribution >= 0.6 is 0 Å². The Balaban J connectivity index is 2.00. The molecule has 7 heteroatoms. The number of furan rings is 1. The van der Waals surface area contributed by atoms with Gasteiger partial charge in [-0.05, 0) is 6.07 Å². The van der Waals surface area contributed by atoms with Crippen LogP contribution in [0.2, 0.25) is 0 Å². The van der Waals surface area contributed by atoms with Gasteiger partial charge in [-0.25, -0.2) is 0 Å². The molecule has 0 bridgehead atoms. The number of nitrogens with one attached hydrogen (secondary N) is 1. The van der Waals surface area contributed by atoms with Crippen molar-refractivity contribution in [2.24, 2.45) is 0 Å². The Morgan fingerprint density at radius 3 is 3.00 bits per heavy atom. The molecule has 0 saturated carbocycles. The molecule has 3 aromatic rings. The highest BCUT2D eigenvalue weighted by Gasteiger charge is 2.12. The lowest BCUT2D eigenvalue weighted by atomic mass is 10.3. The van der Waals surface area contributed by atoms with Gasteiger partial charge in [0.25, 0.3) is 5.89 Å². The van der Waals surface area contributed by atoms with Crippen LogP contribution in [0.25, 0.3) is 23.0 Å². The lowest BCUT2D eigenvalue weighted by Gasteiger charge is -1.83. The molecule has 0 aliphatic rings. The smallest absolute Gasteiger partial charge is 0.276 e. The van der Waals surface area contributed by atoms with Crippen molar-refractivity contribution in [3.63, 3.8) is 0 Å². The fourth-order valence-electron chi connectivity index (χ4n) is 1.29. The molecule has 3 rings (SSSR count). The Morgan fingerprint density at radius 1 is 1.38 bits per heavy atom. The molecule has 0 radical (unpaired) electrons. The van der Waals surface area contributed by atoms with Gasteiger partial charge >= 0.3 is 0 Å². The molecule has 7 nitrogen and oxygen atoms in total. The third-order valence-electron chi connectivity index (χ3n) is 2.03. The summed E-state index contributed by atoms with van der Waals surface area (Å²) in [5, 5.41) is 10.3. The van der Waals surface area contributed by atoms with E-state index in [0.717, 1.165) is 5.56 Å². The lowest BCUT2D eigenvalue weighted by Crippen LogP contribution is -1.81. The van der Waals surface area contributed by atoms with Crippen molar-refractivity contribution in [2.45, 2.75) is 0 Å². The molecular weight excluding hydrogens is 210 g/mol. The monoisotopic (exact) mass is 217 g/mol. The second kappa shape index (κ2) is 3.23. The van der Waals surface area contributed by atoms with Crippen molar-refractivity contribution in [3.05, 3.63) is 24.7 Å². The molecule has 0 unspecified atom stereocenters. The summed E-state index contributed by atoms with van der Waals surface area (Å²) in [6, 6.07) is 3.36. The largest absolute Gasteiger partial charge is 0.472 e. The summed E-state index contributed by atoms with van der Waals surface area (Å²) in [6.07, 6.45) is 3.08. The number of rotatable bonds is 2. The van der Waals surface area contributed by atoms with Crippen LogP contribution in [0.3, 0.4) is 0 Å². The third kappa shape index (κ3) is 1.34. The van der Waals surface area contributed by atoms with E-state index in [1.807, 2.05) is 0 Å². The normalized spacial score (nSPS) is 10.8. The molecule has 0 saturated heterocycles. The number of hydrogen-bond donors (Lipinski definition) is 2. The van der Waals surface area contributed by atoms with Gasteiger partial charge in [-0.1, -0.05) is 5.16 Å². The summed E-state index contributed by atoms with van der Waals surface area (Å²) in [7, 11) is 0. The van der Waals surface area contributed by atoms with E-state index in [0.29, 0.717) is 23.2 Å². The molecule has 3 N–H and O–H groups in total. The molecule has 3 aromatic heterocycles. The molecule has 0 fully saturated rings. The summed E-state index contributed by atoms with van der Waals surface area (Å²) in [5.41, 5.74) is 6.81. The van der Waals surface area contributed by atoms with Crippen LogP contribution in [-0.4, -0.2) is 20.3 Å². The zero-order valence-electron chi connectivity index (χ0n) is 8.04. The third-order valence-corrected chi connectivity index (χ3v) is 2.03. The maximum Gasteiger partial charge on any atom is 0.276 e. The van der Waals surface area contributed by atoms with E-state index in [-0.39, 0.29) is 0 Å². The number of nitrogens with zero attached hydrogens (tertiary/aromatic N) is 3. The Hall–Kier alpha value is -2.57. The number of nitrogen functional groups attached to an aromatic ring is 1. The molecule has 16 heavy (non-hydrogen) atoms. The summed E-state index contributed by atoms with van der Waals surface area (Å²) < 4.78 is 9.98. The molecular formula is C9H7N5O2. The molecule has 0 atom stereocenters. The van der Waals surface area contributed by atoms with Gasteiger partial charge in [-0.2, -0.15) is 10.1 Å². The first-order valence-electron chi connectivity index (χ1n) is 4.50. The summed E-state index contributed by atoms with van der Waals surface area (Å²) >= 11 is 0. The van der Waals surface area contributed by atoms with Gasteiger partial charge in [0, 0.05) is 6.07 Å². The fraction of sp³-hybridized carbons (Fsp3) is 0. The van der Waals surface area contributed by atoms with Crippen LogP contribution in [0.1, 0.15) is 0 Å². The zero-order chi connectivity index (χ0) is 11.0. The first-order valence-corrected chi connectivity index (χ1v) is 4.50. The van der Waals surface area contributed by atoms with E-state index in [1.54, 1.807) is 18.4 Å². The molecule has 0 aromatic carbocycles.